The Hall–Kier alpha value is -1.36. The number of anilines is 2. The minimum absolute atomic E-state index is 0.00360. The van der Waals surface area contributed by atoms with Gasteiger partial charge in [-0.2, -0.15) is 11.8 Å². The van der Waals surface area contributed by atoms with E-state index >= 15 is 0 Å². The number of nitrogens with zero attached hydrogens (tertiary/aromatic N) is 1. The molecule has 0 spiro atoms. The predicted molar refractivity (Wildman–Crippen MR) is 92.1 cm³/mol. The summed E-state index contributed by atoms with van der Waals surface area (Å²) < 4.78 is 0. The molecular formula is C16H25N3OS. The average molecular weight is 307 g/mol. The Labute approximate surface area is 131 Å². The highest BCUT2D eigenvalue weighted by atomic mass is 32.2. The lowest BCUT2D eigenvalue weighted by atomic mass is 10.1. The molecule has 2 rings (SSSR count). The molecule has 0 radical (unpaired) electrons. The second-order valence-corrected chi connectivity index (χ2v) is 7.31. The second-order valence-electron chi connectivity index (χ2n) is 5.73. The summed E-state index contributed by atoms with van der Waals surface area (Å²) in [5.41, 5.74) is 8.31. The van der Waals surface area contributed by atoms with Gasteiger partial charge in [-0.25, -0.2) is 0 Å². The van der Waals surface area contributed by atoms with Gasteiger partial charge in [0.25, 0.3) is 5.91 Å². The van der Waals surface area contributed by atoms with Crippen LogP contribution < -0.4 is 11.1 Å². The van der Waals surface area contributed by atoms with E-state index in [1.165, 1.54) is 25.0 Å². The zero-order chi connectivity index (χ0) is 15.4. The largest absolute Gasteiger partial charge is 0.397 e. The van der Waals surface area contributed by atoms with E-state index in [9.17, 15) is 4.79 Å². The number of hydrogen-bond donors (Lipinski definition) is 2. The standard InChI is InChI=1S/C16H25N3OS/c1-4-21-13-7-6-12(10-13)18-15-9-11(5-8-14(15)17)16(20)19(2)3/h5,8-9,12-13,18H,4,6-7,10,17H2,1-3H3. The lowest BCUT2D eigenvalue weighted by Crippen LogP contribution is -2.22. The van der Waals surface area contributed by atoms with Gasteiger partial charge < -0.3 is 16.0 Å². The van der Waals surface area contributed by atoms with Crippen molar-refractivity contribution in [2.45, 2.75) is 37.5 Å². The van der Waals surface area contributed by atoms with Crippen LogP contribution in [0, 0.1) is 0 Å². The Morgan fingerprint density at radius 1 is 1.43 bits per heavy atom. The molecule has 1 fully saturated rings. The number of rotatable bonds is 5. The fraction of sp³-hybridized carbons (Fsp3) is 0.562. The number of nitrogens with two attached hydrogens (primary N) is 1. The van der Waals surface area contributed by atoms with Crippen LogP contribution in [-0.2, 0) is 0 Å². The van der Waals surface area contributed by atoms with E-state index in [-0.39, 0.29) is 5.91 Å². The van der Waals surface area contributed by atoms with Crippen molar-refractivity contribution in [1.29, 1.82) is 0 Å². The molecule has 3 N–H and O–H groups in total. The summed E-state index contributed by atoms with van der Waals surface area (Å²) in [4.78, 5) is 13.6. The molecule has 5 heteroatoms. The van der Waals surface area contributed by atoms with Crippen molar-refractivity contribution in [1.82, 2.24) is 4.90 Å². The van der Waals surface area contributed by atoms with Gasteiger partial charge >= 0.3 is 0 Å². The molecule has 1 aliphatic carbocycles. The first-order chi connectivity index (χ1) is 10.0. The number of nitrogen functional groups attached to an aromatic ring is 1. The Bertz CT molecular complexity index is 504. The molecule has 1 amide bonds. The minimum atomic E-state index is 0.00360. The van der Waals surface area contributed by atoms with E-state index in [0.29, 0.717) is 17.3 Å². The quantitative estimate of drug-likeness (QED) is 0.821. The van der Waals surface area contributed by atoms with E-state index in [4.69, 9.17) is 5.73 Å². The van der Waals surface area contributed by atoms with Gasteiger partial charge in [0, 0.05) is 31.0 Å². The number of thioether (sulfide) groups is 1. The first kappa shape index (κ1) is 16.0. The Morgan fingerprint density at radius 3 is 2.86 bits per heavy atom. The summed E-state index contributed by atoms with van der Waals surface area (Å²) >= 11 is 2.04. The third kappa shape index (κ3) is 4.06. The van der Waals surface area contributed by atoms with Gasteiger partial charge in [0.1, 0.15) is 0 Å². The number of carbonyl (C=O) groups is 1. The zero-order valence-corrected chi connectivity index (χ0v) is 13.9. The van der Waals surface area contributed by atoms with Crippen LogP contribution in [0.1, 0.15) is 36.5 Å². The van der Waals surface area contributed by atoms with Crippen LogP contribution in [0.5, 0.6) is 0 Å². The van der Waals surface area contributed by atoms with E-state index in [2.05, 4.69) is 12.2 Å². The first-order valence-electron chi connectivity index (χ1n) is 7.50. The third-order valence-corrected chi connectivity index (χ3v) is 5.09. The van der Waals surface area contributed by atoms with Crippen LogP contribution in [0.4, 0.5) is 11.4 Å². The topological polar surface area (TPSA) is 58.4 Å². The summed E-state index contributed by atoms with van der Waals surface area (Å²) in [6.45, 7) is 2.21. The van der Waals surface area contributed by atoms with E-state index in [1.807, 2.05) is 23.9 Å². The summed E-state index contributed by atoms with van der Waals surface area (Å²) in [6, 6.07) is 5.93. The van der Waals surface area contributed by atoms with Crippen molar-refractivity contribution in [3.8, 4) is 0 Å². The van der Waals surface area contributed by atoms with Gasteiger partial charge in [-0.15, -0.1) is 0 Å². The summed E-state index contributed by atoms with van der Waals surface area (Å²) in [6.07, 6.45) is 3.60. The van der Waals surface area contributed by atoms with Crippen LogP contribution in [-0.4, -0.2) is 41.9 Å². The van der Waals surface area contributed by atoms with E-state index < -0.39 is 0 Å². The molecule has 0 aromatic heterocycles. The molecule has 1 aromatic carbocycles. The highest BCUT2D eigenvalue weighted by Gasteiger charge is 2.25. The minimum Gasteiger partial charge on any atom is -0.397 e. The van der Waals surface area contributed by atoms with Crippen molar-refractivity contribution < 1.29 is 4.79 Å². The van der Waals surface area contributed by atoms with Crippen molar-refractivity contribution >= 4 is 29.0 Å². The molecule has 1 saturated carbocycles. The molecular weight excluding hydrogens is 282 g/mol. The highest BCUT2D eigenvalue weighted by Crippen LogP contribution is 2.33. The molecule has 0 heterocycles. The molecule has 0 saturated heterocycles. The van der Waals surface area contributed by atoms with Crippen molar-refractivity contribution in [2.24, 2.45) is 0 Å². The number of nitrogens with one attached hydrogen (secondary N) is 1. The van der Waals surface area contributed by atoms with Gasteiger partial charge in [0.05, 0.1) is 11.4 Å². The molecule has 1 aliphatic rings. The summed E-state index contributed by atoms with van der Waals surface area (Å²) in [5, 5.41) is 4.27. The maximum absolute atomic E-state index is 12.0. The monoisotopic (exact) mass is 307 g/mol. The summed E-state index contributed by atoms with van der Waals surface area (Å²) in [7, 11) is 3.52. The maximum Gasteiger partial charge on any atom is 0.253 e. The normalized spacial score (nSPS) is 21.3. The Morgan fingerprint density at radius 2 is 2.19 bits per heavy atom. The molecule has 2 unspecified atom stereocenters. The van der Waals surface area contributed by atoms with Crippen LogP contribution in [0.2, 0.25) is 0 Å². The molecule has 0 bridgehead atoms. The van der Waals surface area contributed by atoms with Crippen LogP contribution in [0.25, 0.3) is 0 Å². The maximum atomic E-state index is 12.0. The van der Waals surface area contributed by atoms with Gasteiger partial charge in [0.15, 0.2) is 0 Å². The summed E-state index contributed by atoms with van der Waals surface area (Å²) in [5.74, 6) is 1.18. The molecule has 0 aliphatic heterocycles. The zero-order valence-electron chi connectivity index (χ0n) is 13.1. The van der Waals surface area contributed by atoms with Crippen molar-refractivity contribution in [3.05, 3.63) is 23.8 Å². The van der Waals surface area contributed by atoms with Gasteiger partial charge in [0.2, 0.25) is 0 Å². The number of benzene rings is 1. The Balaban J connectivity index is 2.06. The fourth-order valence-corrected chi connectivity index (χ4v) is 3.89. The SMILES string of the molecule is CCSC1CCC(Nc2cc(C(=O)N(C)C)ccc2N)C1. The number of hydrogen-bond acceptors (Lipinski definition) is 4. The van der Waals surface area contributed by atoms with Crippen LogP contribution >= 0.6 is 11.8 Å². The number of carbonyl (C=O) groups excluding carboxylic acids is 1. The fourth-order valence-electron chi connectivity index (χ4n) is 2.75. The lowest BCUT2D eigenvalue weighted by molar-refractivity contribution is 0.0827. The molecule has 4 nitrogen and oxygen atoms in total. The molecule has 21 heavy (non-hydrogen) atoms. The molecule has 116 valence electrons. The smallest absolute Gasteiger partial charge is 0.253 e. The van der Waals surface area contributed by atoms with Crippen LogP contribution in [0.3, 0.4) is 0 Å². The first-order valence-corrected chi connectivity index (χ1v) is 8.55. The van der Waals surface area contributed by atoms with Crippen molar-refractivity contribution in [2.75, 3.05) is 30.9 Å². The highest BCUT2D eigenvalue weighted by molar-refractivity contribution is 7.99. The van der Waals surface area contributed by atoms with Crippen LogP contribution in [0.15, 0.2) is 18.2 Å². The van der Waals surface area contributed by atoms with E-state index in [0.717, 1.165) is 10.9 Å². The second kappa shape index (κ2) is 7.07. The van der Waals surface area contributed by atoms with Gasteiger partial charge in [-0.3, -0.25) is 4.79 Å². The van der Waals surface area contributed by atoms with E-state index in [1.54, 1.807) is 25.1 Å². The third-order valence-electron chi connectivity index (χ3n) is 3.85. The van der Waals surface area contributed by atoms with Gasteiger partial charge in [-0.05, 0) is 43.2 Å². The lowest BCUT2D eigenvalue weighted by Gasteiger charge is -2.18. The molecule has 2 atom stereocenters. The van der Waals surface area contributed by atoms with Crippen molar-refractivity contribution in [3.63, 3.8) is 0 Å². The predicted octanol–water partition coefficient (Wildman–Crippen LogP) is 3.06. The van der Waals surface area contributed by atoms with Gasteiger partial charge in [-0.1, -0.05) is 6.92 Å². The Kier molecular flexibility index (Phi) is 5.39. The molecule has 1 aromatic rings. The number of amides is 1. The average Bonchev–Trinajstić information content (AvgIpc) is 2.88.